The van der Waals surface area contributed by atoms with Gasteiger partial charge in [-0.2, -0.15) is 12.6 Å². The van der Waals surface area contributed by atoms with Crippen LogP contribution in [0.25, 0.3) is 10.1 Å². The largest absolute Gasteiger partial charge is 0.480 e. The van der Waals surface area contributed by atoms with Crippen molar-refractivity contribution in [3.8, 4) is 0 Å². The van der Waals surface area contributed by atoms with Crippen molar-refractivity contribution in [2.75, 3.05) is 5.75 Å². The van der Waals surface area contributed by atoms with Crippen molar-refractivity contribution in [3.05, 3.63) is 71.1 Å². The third-order valence-corrected chi connectivity index (χ3v) is 5.96. The van der Waals surface area contributed by atoms with Gasteiger partial charge in [0.2, 0.25) is 5.91 Å². The van der Waals surface area contributed by atoms with Crippen molar-refractivity contribution < 1.29 is 19.5 Å². The van der Waals surface area contributed by atoms with Crippen LogP contribution in [-0.4, -0.2) is 40.7 Å². The second-order valence-electron chi connectivity index (χ2n) is 6.78. The minimum absolute atomic E-state index is 0.153. The van der Waals surface area contributed by atoms with Crippen LogP contribution in [0.15, 0.2) is 60.7 Å². The summed E-state index contributed by atoms with van der Waals surface area (Å²) in [6.45, 7) is 0. The van der Waals surface area contributed by atoms with Crippen LogP contribution in [0, 0.1) is 0 Å². The van der Waals surface area contributed by atoms with Gasteiger partial charge in [-0.25, -0.2) is 4.79 Å². The first-order chi connectivity index (χ1) is 14.5. The summed E-state index contributed by atoms with van der Waals surface area (Å²) < 4.78 is 0.978. The van der Waals surface area contributed by atoms with E-state index in [0.717, 1.165) is 15.6 Å². The second kappa shape index (κ2) is 10.3. The van der Waals surface area contributed by atoms with Crippen LogP contribution in [0.5, 0.6) is 0 Å². The number of hydrogen-bond donors (Lipinski definition) is 4. The summed E-state index contributed by atoms with van der Waals surface area (Å²) in [5, 5.41) is 15.7. The zero-order valence-corrected chi connectivity index (χ0v) is 17.8. The lowest BCUT2D eigenvalue weighted by atomic mass is 10.1. The zero-order valence-electron chi connectivity index (χ0n) is 16.1. The van der Waals surface area contributed by atoms with Gasteiger partial charge in [-0.1, -0.05) is 48.5 Å². The van der Waals surface area contributed by atoms with E-state index in [1.165, 1.54) is 11.3 Å². The molecule has 0 fully saturated rings. The molecule has 156 valence electrons. The van der Waals surface area contributed by atoms with Gasteiger partial charge in [-0.15, -0.1) is 11.3 Å². The Kier molecular flexibility index (Phi) is 7.48. The Morgan fingerprint density at radius 3 is 2.33 bits per heavy atom. The average Bonchev–Trinajstić information content (AvgIpc) is 3.18. The maximum atomic E-state index is 12.8. The summed E-state index contributed by atoms with van der Waals surface area (Å²) >= 11 is 5.51. The third-order valence-electron chi connectivity index (χ3n) is 4.59. The van der Waals surface area contributed by atoms with E-state index in [2.05, 4.69) is 23.3 Å². The molecule has 0 aliphatic carbocycles. The van der Waals surface area contributed by atoms with Crippen molar-refractivity contribution in [2.24, 2.45) is 0 Å². The predicted octanol–water partition coefficient (Wildman–Crippen LogP) is 3.13. The lowest BCUT2D eigenvalue weighted by Crippen LogP contribution is -2.52. The smallest absolute Gasteiger partial charge is 0.326 e. The number of hydrogen-bond acceptors (Lipinski definition) is 5. The highest BCUT2D eigenvalue weighted by Crippen LogP contribution is 2.25. The monoisotopic (exact) mass is 442 g/mol. The molecule has 0 saturated carbocycles. The van der Waals surface area contributed by atoms with Crippen molar-refractivity contribution in [2.45, 2.75) is 24.9 Å². The fourth-order valence-electron chi connectivity index (χ4n) is 3.04. The van der Waals surface area contributed by atoms with E-state index in [4.69, 9.17) is 0 Å². The summed E-state index contributed by atoms with van der Waals surface area (Å²) in [5.74, 6) is -1.68. The molecule has 0 bridgehead atoms. The minimum atomic E-state index is -1.13. The van der Waals surface area contributed by atoms with E-state index in [1.807, 2.05) is 42.5 Å². The summed E-state index contributed by atoms with van der Waals surface area (Å²) in [6.07, 6.45) is 0.434. The van der Waals surface area contributed by atoms with Gasteiger partial charge in [0.25, 0.3) is 5.91 Å². The molecule has 2 aromatic carbocycles. The SMILES string of the molecule is O=C(NC(CCS)C(=O)N[C@H](Cc1ccccc1)C(=O)O)c1cc2ccccc2s1. The van der Waals surface area contributed by atoms with Gasteiger partial charge in [-0.05, 0) is 35.3 Å². The molecule has 0 radical (unpaired) electrons. The van der Waals surface area contributed by atoms with Gasteiger partial charge in [0.1, 0.15) is 12.1 Å². The number of thiophene rings is 1. The van der Waals surface area contributed by atoms with Crippen LogP contribution in [0.3, 0.4) is 0 Å². The fraction of sp³-hybridized carbons (Fsp3) is 0.227. The van der Waals surface area contributed by atoms with Gasteiger partial charge in [-0.3, -0.25) is 9.59 Å². The average molecular weight is 443 g/mol. The number of carboxylic acid groups (broad SMARTS) is 1. The summed E-state index contributed by atoms with van der Waals surface area (Å²) in [5.41, 5.74) is 0.797. The number of fused-ring (bicyclic) bond motifs is 1. The molecule has 3 N–H and O–H groups in total. The number of nitrogens with one attached hydrogen (secondary N) is 2. The van der Waals surface area contributed by atoms with E-state index in [0.29, 0.717) is 10.6 Å². The number of rotatable bonds is 9. The molecule has 0 spiro atoms. The Bertz CT molecular complexity index is 1000. The Hall–Kier alpha value is -2.84. The number of aliphatic carboxylic acids is 1. The highest BCUT2D eigenvalue weighted by atomic mass is 32.1. The maximum absolute atomic E-state index is 12.8. The molecule has 30 heavy (non-hydrogen) atoms. The molecular weight excluding hydrogens is 420 g/mol. The van der Waals surface area contributed by atoms with Gasteiger partial charge in [0.15, 0.2) is 0 Å². The number of benzene rings is 2. The van der Waals surface area contributed by atoms with Crippen LogP contribution < -0.4 is 10.6 Å². The van der Waals surface area contributed by atoms with E-state index in [-0.39, 0.29) is 18.7 Å². The molecule has 3 aromatic rings. The molecule has 6 nitrogen and oxygen atoms in total. The van der Waals surface area contributed by atoms with Crippen molar-refractivity contribution in [3.63, 3.8) is 0 Å². The summed E-state index contributed by atoms with van der Waals surface area (Å²) in [7, 11) is 0. The first-order valence-corrected chi connectivity index (χ1v) is 10.9. The third kappa shape index (κ3) is 5.61. The Labute approximate surface area is 183 Å². The molecule has 2 atom stereocenters. The molecule has 1 unspecified atom stereocenters. The Balaban J connectivity index is 1.69. The highest BCUT2D eigenvalue weighted by molar-refractivity contribution is 7.80. The van der Waals surface area contributed by atoms with Gasteiger partial charge in [0, 0.05) is 11.1 Å². The summed E-state index contributed by atoms with van der Waals surface area (Å²) in [4.78, 5) is 37.6. The molecule has 1 heterocycles. The van der Waals surface area contributed by atoms with E-state index < -0.39 is 24.0 Å². The molecular formula is C22H22N2O4S2. The quantitative estimate of drug-likeness (QED) is 0.383. The molecule has 8 heteroatoms. The van der Waals surface area contributed by atoms with E-state index >= 15 is 0 Å². The molecule has 0 aliphatic rings. The maximum Gasteiger partial charge on any atom is 0.326 e. The zero-order chi connectivity index (χ0) is 21.5. The second-order valence-corrected chi connectivity index (χ2v) is 8.31. The van der Waals surface area contributed by atoms with E-state index in [1.54, 1.807) is 18.2 Å². The van der Waals surface area contributed by atoms with Crippen LogP contribution in [0.1, 0.15) is 21.7 Å². The minimum Gasteiger partial charge on any atom is -0.480 e. The fourth-order valence-corrected chi connectivity index (χ4v) is 4.27. The molecule has 1 aromatic heterocycles. The molecule has 0 saturated heterocycles. The number of amides is 2. The standard InChI is InChI=1S/C22H22N2O4S2/c25-20(24-17(22(27)28)12-14-6-2-1-3-7-14)16(10-11-29)23-21(26)19-13-15-8-4-5-9-18(15)30-19/h1-9,13,16-17,29H,10-12H2,(H,23,26)(H,24,25)(H,27,28)/t16?,17-/m1/s1. The molecule has 3 rings (SSSR count). The van der Waals surface area contributed by atoms with Crippen molar-refractivity contribution >= 4 is 51.8 Å². The number of carbonyl (C=O) groups is 3. The van der Waals surface area contributed by atoms with Crippen LogP contribution in [0.4, 0.5) is 0 Å². The van der Waals surface area contributed by atoms with Gasteiger partial charge < -0.3 is 15.7 Å². The first kappa shape index (κ1) is 21.9. The molecule has 2 amide bonds. The topological polar surface area (TPSA) is 95.5 Å². The lowest BCUT2D eigenvalue weighted by Gasteiger charge is -2.21. The highest BCUT2D eigenvalue weighted by Gasteiger charge is 2.27. The van der Waals surface area contributed by atoms with Crippen molar-refractivity contribution in [1.29, 1.82) is 0 Å². The van der Waals surface area contributed by atoms with E-state index in [9.17, 15) is 19.5 Å². The molecule has 0 aliphatic heterocycles. The number of carbonyl (C=O) groups excluding carboxylic acids is 2. The van der Waals surface area contributed by atoms with Gasteiger partial charge in [0.05, 0.1) is 4.88 Å². The summed E-state index contributed by atoms with van der Waals surface area (Å²) in [6, 6.07) is 16.5. The van der Waals surface area contributed by atoms with Crippen LogP contribution >= 0.6 is 24.0 Å². The normalized spacial score (nSPS) is 12.8. The number of thiol groups is 1. The van der Waals surface area contributed by atoms with Crippen LogP contribution in [-0.2, 0) is 16.0 Å². The Morgan fingerprint density at radius 1 is 0.967 bits per heavy atom. The van der Waals surface area contributed by atoms with Crippen molar-refractivity contribution in [1.82, 2.24) is 10.6 Å². The first-order valence-electron chi connectivity index (χ1n) is 9.45. The Morgan fingerprint density at radius 2 is 1.67 bits per heavy atom. The van der Waals surface area contributed by atoms with Crippen LogP contribution in [0.2, 0.25) is 0 Å². The van der Waals surface area contributed by atoms with Gasteiger partial charge >= 0.3 is 5.97 Å². The lowest BCUT2D eigenvalue weighted by molar-refractivity contribution is -0.142. The number of carboxylic acids is 1. The predicted molar refractivity (Wildman–Crippen MR) is 121 cm³/mol.